The number of hydrogen-bond acceptors (Lipinski definition) is 6. The van der Waals surface area contributed by atoms with Gasteiger partial charge in [0, 0.05) is 27.2 Å². The van der Waals surface area contributed by atoms with Crippen LogP contribution in [0.15, 0.2) is 76.6 Å². The minimum Gasteiger partial charge on any atom is -0.508 e. The van der Waals surface area contributed by atoms with Crippen molar-refractivity contribution >= 4 is 15.9 Å². The van der Waals surface area contributed by atoms with Gasteiger partial charge in [0.2, 0.25) is 5.88 Å². The summed E-state index contributed by atoms with van der Waals surface area (Å²) in [5.74, 6) is 0.383. The van der Waals surface area contributed by atoms with E-state index >= 15 is 0 Å². The van der Waals surface area contributed by atoms with Crippen molar-refractivity contribution in [3.8, 4) is 29.4 Å². The number of halogens is 1. The van der Waals surface area contributed by atoms with Gasteiger partial charge in [-0.2, -0.15) is 10.5 Å². The third kappa shape index (κ3) is 3.92. The predicted octanol–water partition coefficient (Wildman–Crippen LogP) is 4.82. The van der Waals surface area contributed by atoms with Crippen LogP contribution >= 0.6 is 15.9 Å². The molecule has 3 N–H and O–H groups in total. The van der Waals surface area contributed by atoms with E-state index in [1.807, 2.05) is 24.3 Å². The molecule has 0 spiro atoms. The molecule has 3 aromatic carbocycles. The molecule has 4 rings (SSSR count). The molecule has 3 aromatic rings. The zero-order valence-corrected chi connectivity index (χ0v) is 17.8. The maximum absolute atomic E-state index is 9.85. The van der Waals surface area contributed by atoms with Crippen LogP contribution in [0.25, 0.3) is 0 Å². The third-order valence-electron chi connectivity index (χ3n) is 5.01. The first-order valence-electron chi connectivity index (χ1n) is 9.32. The van der Waals surface area contributed by atoms with Crippen molar-refractivity contribution in [2.24, 2.45) is 5.73 Å². The molecular formula is C24H16BrN3O3. The monoisotopic (exact) mass is 473 g/mol. The van der Waals surface area contributed by atoms with Crippen LogP contribution in [0.3, 0.4) is 0 Å². The standard InChI is InChI=1S/C24H16BrN3O3/c25-16-5-8-21(30-13-15-4-2-1-3-14(15)11-26)19(9-16)23-18-7-6-17(29)10-22(18)31-24(28)20(23)12-27/h1-10,23,29H,13,28H2/t23-/m1/s1. The van der Waals surface area contributed by atoms with Crippen molar-refractivity contribution in [2.45, 2.75) is 12.5 Å². The molecule has 1 atom stereocenters. The Morgan fingerprint density at radius 1 is 1.03 bits per heavy atom. The Morgan fingerprint density at radius 2 is 1.84 bits per heavy atom. The molecule has 31 heavy (non-hydrogen) atoms. The number of benzene rings is 3. The number of nitriles is 2. The molecule has 152 valence electrons. The van der Waals surface area contributed by atoms with Crippen molar-refractivity contribution < 1.29 is 14.6 Å². The summed E-state index contributed by atoms with van der Waals surface area (Å²) in [7, 11) is 0. The largest absolute Gasteiger partial charge is 0.508 e. The number of nitrogens with two attached hydrogens (primary N) is 1. The molecule has 1 aliphatic rings. The van der Waals surface area contributed by atoms with E-state index in [-0.39, 0.29) is 23.8 Å². The summed E-state index contributed by atoms with van der Waals surface area (Å²) < 4.78 is 12.5. The molecule has 1 aliphatic heterocycles. The van der Waals surface area contributed by atoms with Crippen LogP contribution in [0, 0.1) is 22.7 Å². The average Bonchev–Trinajstić information content (AvgIpc) is 2.77. The Bertz CT molecular complexity index is 1290. The number of allylic oxidation sites excluding steroid dienone is 1. The number of rotatable bonds is 4. The Balaban J connectivity index is 1.80. The number of nitrogens with zero attached hydrogens (tertiary/aromatic N) is 2. The summed E-state index contributed by atoms with van der Waals surface area (Å²) in [5.41, 5.74) is 8.97. The lowest BCUT2D eigenvalue weighted by molar-refractivity contribution is 0.301. The van der Waals surface area contributed by atoms with Gasteiger partial charge in [-0.1, -0.05) is 40.2 Å². The van der Waals surface area contributed by atoms with E-state index in [2.05, 4.69) is 28.1 Å². The second kappa shape index (κ2) is 8.43. The summed E-state index contributed by atoms with van der Waals surface area (Å²) in [6.45, 7) is 0.186. The summed E-state index contributed by atoms with van der Waals surface area (Å²) in [4.78, 5) is 0. The fourth-order valence-corrected chi connectivity index (χ4v) is 3.93. The molecule has 7 heteroatoms. The molecule has 0 saturated carbocycles. The molecule has 0 saturated heterocycles. The van der Waals surface area contributed by atoms with Crippen LogP contribution in [-0.2, 0) is 6.61 Å². The Labute approximate surface area is 187 Å². The first kappa shape index (κ1) is 20.3. The molecule has 0 amide bonds. The van der Waals surface area contributed by atoms with Crippen molar-refractivity contribution in [1.82, 2.24) is 0 Å². The maximum Gasteiger partial charge on any atom is 0.205 e. The van der Waals surface area contributed by atoms with Gasteiger partial charge in [-0.3, -0.25) is 0 Å². The molecule has 0 aliphatic carbocycles. The van der Waals surface area contributed by atoms with Gasteiger partial charge in [-0.15, -0.1) is 0 Å². The highest BCUT2D eigenvalue weighted by Crippen LogP contribution is 2.46. The van der Waals surface area contributed by atoms with E-state index < -0.39 is 5.92 Å². The van der Waals surface area contributed by atoms with Crippen LogP contribution in [0.1, 0.15) is 28.2 Å². The van der Waals surface area contributed by atoms with E-state index in [0.29, 0.717) is 28.2 Å². The van der Waals surface area contributed by atoms with Gasteiger partial charge >= 0.3 is 0 Å². The SMILES string of the molecule is N#CC1=C(N)Oc2cc(O)ccc2[C@@H]1c1cc(Br)ccc1OCc1ccccc1C#N. The number of ether oxygens (including phenoxy) is 2. The molecule has 0 aromatic heterocycles. The summed E-state index contributed by atoms with van der Waals surface area (Å²) in [6.07, 6.45) is 0. The van der Waals surface area contributed by atoms with Gasteiger partial charge in [0.15, 0.2) is 0 Å². The van der Waals surface area contributed by atoms with Crippen molar-refractivity contribution in [2.75, 3.05) is 0 Å². The molecule has 0 fully saturated rings. The molecule has 1 heterocycles. The van der Waals surface area contributed by atoms with E-state index in [0.717, 1.165) is 10.0 Å². The van der Waals surface area contributed by atoms with E-state index in [1.165, 1.54) is 12.1 Å². The summed E-state index contributed by atoms with van der Waals surface area (Å²) in [5, 5.41) is 29.0. The lowest BCUT2D eigenvalue weighted by Gasteiger charge is -2.28. The fraction of sp³-hybridized carbons (Fsp3) is 0.0833. The molecule has 0 unspecified atom stereocenters. The number of phenolic OH excluding ortho intramolecular Hbond substituents is 1. The lowest BCUT2D eigenvalue weighted by atomic mass is 9.83. The van der Waals surface area contributed by atoms with Crippen LogP contribution < -0.4 is 15.2 Å². The van der Waals surface area contributed by atoms with E-state index in [1.54, 1.807) is 24.3 Å². The summed E-state index contributed by atoms with van der Waals surface area (Å²) >= 11 is 3.49. The quantitative estimate of drug-likeness (QED) is 0.561. The Morgan fingerprint density at radius 3 is 2.61 bits per heavy atom. The first-order valence-corrected chi connectivity index (χ1v) is 10.1. The highest BCUT2D eigenvalue weighted by molar-refractivity contribution is 9.10. The third-order valence-corrected chi connectivity index (χ3v) is 5.50. The zero-order chi connectivity index (χ0) is 22.0. The van der Waals surface area contributed by atoms with Crippen LogP contribution in [0.5, 0.6) is 17.2 Å². The smallest absolute Gasteiger partial charge is 0.205 e. The van der Waals surface area contributed by atoms with Gasteiger partial charge in [0.05, 0.1) is 17.6 Å². The minimum atomic E-state index is -0.548. The maximum atomic E-state index is 9.85. The molecule has 0 bridgehead atoms. The highest BCUT2D eigenvalue weighted by Gasteiger charge is 2.33. The van der Waals surface area contributed by atoms with Crippen molar-refractivity contribution in [3.63, 3.8) is 0 Å². The van der Waals surface area contributed by atoms with Crippen LogP contribution in [-0.4, -0.2) is 5.11 Å². The minimum absolute atomic E-state index is 0.0219. The Kier molecular flexibility index (Phi) is 5.53. The van der Waals surface area contributed by atoms with Gasteiger partial charge in [-0.25, -0.2) is 0 Å². The topological polar surface area (TPSA) is 112 Å². The van der Waals surface area contributed by atoms with E-state index in [9.17, 15) is 15.6 Å². The highest BCUT2D eigenvalue weighted by atomic mass is 79.9. The average molecular weight is 474 g/mol. The second-order valence-electron chi connectivity index (χ2n) is 6.89. The van der Waals surface area contributed by atoms with Gasteiger partial charge in [0.25, 0.3) is 0 Å². The van der Waals surface area contributed by atoms with Crippen LogP contribution in [0.4, 0.5) is 0 Å². The van der Waals surface area contributed by atoms with Gasteiger partial charge in [-0.05, 0) is 30.3 Å². The van der Waals surface area contributed by atoms with Gasteiger partial charge < -0.3 is 20.3 Å². The number of fused-ring (bicyclic) bond motifs is 1. The van der Waals surface area contributed by atoms with E-state index in [4.69, 9.17) is 15.2 Å². The molecule has 6 nitrogen and oxygen atoms in total. The number of phenols is 1. The number of hydrogen-bond donors (Lipinski definition) is 2. The molecule has 0 radical (unpaired) electrons. The number of aromatic hydroxyl groups is 1. The van der Waals surface area contributed by atoms with Crippen LogP contribution in [0.2, 0.25) is 0 Å². The Hall–Kier alpha value is -3.94. The second-order valence-corrected chi connectivity index (χ2v) is 7.80. The van der Waals surface area contributed by atoms with Crippen molar-refractivity contribution in [1.29, 1.82) is 10.5 Å². The first-order chi connectivity index (χ1) is 15.0. The van der Waals surface area contributed by atoms with Gasteiger partial charge in [0.1, 0.15) is 35.5 Å². The normalized spacial score (nSPS) is 14.7. The zero-order valence-electron chi connectivity index (χ0n) is 16.2. The lowest BCUT2D eigenvalue weighted by Crippen LogP contribution is -2.21. The predicted molar refractivity (Wildman–Crippen MR) is 117 cm³/mol. The van der Waals surface area contributed by atoms with Crippen molar-refractivity contribution in [3.05, 3.63) is 98.8 Å². The summed E-state index contributed by atoms with van der Waals surface area (Å²) in [6, 6.07) is 21.7. The fourth-order valence-electron chi connectivity index (χ4n) is 3.55. The molecular weight excluding hydrogens is 458 g/mol.